The second kappa shape index (κ2) is 5.69. The van der Waals surface area contributed by atoms with Crippen molar-refractivity contribution in [1.82, 2.24) is 4.90 Å². The van der Waals surface area contributed by atoms with Gasteiger partial charge in [0.15, 0.2) is 5.60 Å². The molecule has 0 unspecified atom stereocenters. The van der Waals surface area contributed by atoms with Crippen LogP contribution in [-0.2, 0) is 14.3 Å². The number of rotatable bonds is 1. The molecule has 5 heteroatoms. The first-order valence-electron chi connectivity index (χ1n) is 8.43. The maximum Gasteiger partial charge on any atom is 0.410 e. The maximum atomic E-state index is 12.7. The molecule has 3 aliphatic rings. The molecule has 2 aliphatic heterocycles. The van der Waals surface area contributed by atoms with Gasteiger partial charge >= 0.3 is 12.1 Å². The van der Waals surface area contributed by atoms with Crippen LogP contribution in [0, 0.1) is 0 Å². The number of piperidine rings is 1. The molecule has 0 aromatic heterocycles. The minimum atomic E-state index is -0.691. The van der Waals surface area contributed by atoms with Gasteiger partial charge in [0.05, 0.1) is 6.04 Å². The van der Waals surface area contributed by atoms with Crippen molar-refractivity contribution in [1.29, 1.82) is 0 Å². The van der Waals surface area contributed by atoms with Crippen molar-refractivity contribution >= 4 is 12.1 Å². The lowest BCUT2D eigenvalue weighted by atomic mass is 9.76. The molecule has 3 rings (SSSR count). The quantitative estimate of drug-likeness (QED) is 0.696. The summed E-state index contributed by atoms with van der Waals surface area (Å²) in [5.74, 6) is -0.304. The van der Waals surface area contributed by atoms with Gasteiger partial charge in [0.25, 0.3) is 0 Å². The van der Waals surface area contributed by atoms with Gasteiger partial charge in [-0.05, 0) is 52.9 Å². The summed E-state index contributed by atoms with van der Waals surface area (Å²) in [5.41, 5.74) is -0.327. The first-order valence-corrected chi connectivity index (χ1v) is 8.43. The van der Waals surface area contributed by atoms with Crippen LogP contribution >= 0.6 is 0 Å². The summed E-state index contributed by atoms with van der Waals surface area (Å²) in [4.78, 5) is 26.3. The normalized spacial score (nSPS) is 30.6. The van der Waals surface area contributed by atoms with Gasteiger partial charge in [0, 0.05) is 18.2 Å². The van der Waals surface area contributed by atoms with Crippen LogP contribution in [0.2, 0.25) is 0 Å². The molecule has 0 N–H and O–H groups in total. The zero-order valence-corrected chi connectivity index (χ0v) is 14.1. The summed E-state index contributed by atoms with van der Waals surface area (Å²) in [5, 5.41) is 0. The third-order valence-electron chi connectivity index (χ3n) is 4.69. The number of likely N-dealkylation sites (tertiary alicyclic amines) is 1. The molecule has 1 amide bonds. The van der Waals surface area contributed by atoms with E-state index in [4.69, 9.17) is 9.47 Å². The van der Waals surface area contributed by atoms with Crippen molar-refractivity contribution in [2.45, 2.75) is 70.1 Å². The minimum Gasteiger partial charge on any atom is -0.449 e. The number of carbonyl (C=O) groups is 2. The molecule has 0 saturated carbocycles. The van der Waals surface area contributed by atoms with E-state index >= 15 is 0 Å². The van der Waals surface area contributed by atoms with Crippen LogP contribution in [0.1, 0.15) is 52.9 Å². The highest BCUT2D eigenvalue weighted by atomic mass is 16.6. The van der Waals surface area contributed by atoms with Crippen LogP contribution in [0.25, 0.3) is 0 Å². The van der Waals surface area contributed by atoms with Crippen molar-refractivity contribution in [3.63, 3.8) is 0 Å². The van der Waals surface area contributed by atoms with Crippen LogP contribution in [0.15, 0.2) is 23.8 Å². The summed E-state index contributed by atoms with van der Waals surface area (Å²) in [6, 6.07) is -0.145. The Morgan fingerprint density at radius 3 is 2.91 bits per heavy atom. The van der Waals surface area contributed by atoms with Crippen molar-refractivity contribution in [2.75, 3.05) is 6.54 Å². The third-order valence-corrected chi connectivity index (χ3v) is 4.69. The van der Waals surface area contributed by atoms with Gasteiger partial charge in [-0.15, -0.1) is 0 Å². The Balaban J connectivity index is 1.89. The Morgan fingerprint density at radius 1 is 1.39 bits per heavy atom. The Hall–Kier alpha value is -1.78. The summed E-state index contributed by atoms with van der Waals surface area (Å²) in [6.45, 7) is 6.25. The van der Waals surface area contributed by atoms with Gasteiger partial charge in [-0.3, -0.25) is 0 Å². The molecule has 1 aliphatic carbocycles. The predicted molar refractivity (Wildman–Crippen MR) is 85.9 cm³/mol. The predicted octanol–water partition coefficient (Wildman–Crippen LogP) is 3.35. The SMILES string of the molecule is CC(C)(C)OC(=O)N1CCCC[C@@H]1[C@]12CCC=CC1=CC(=O)O2. The summed E-state index contributed by atoms with van der Waals surface area (Å²) in [7, 11) is 0. The van der Waals surface area contributed by atoms with E-state index in [1.807, 2.05) is 26.8 Å². The molecule has 0 spiro atoms. The second-order valence-electron chi connectivity index (χ2n) is 7.54. The smallest absolute Gasteiger partial charge is 0.410 e. The third kappa shape index (κ3) is 3.01. The Morgan fingerprint density at radius 2 is 2.17 bits per heavy atom. The number of amides is 1. The number of hydrogen-bond donors (Lipinski definition) is 0. The molecule has 2 atom stereocenters. The zero-order chi connectivity index (χ0) is 16.7. The second-order valence-corrected chi connectivity index (χ2v) is 7.54. The average molecular weight is 319 g/mol. The van der Waals surface area contributed by atoms with Gasteiger partial charge in [-0.1, -0.05) is 12.2 Å². The molecule has 23 heavy (non-hydrogen) atoms. The lowest BCUT2D eigenvalue weighted by molar-refractivity contribution is -0.154. The first kappa shape index (κ1) is 16.1. The van der Waals surface area contributed by atoms with E-state index in [9.17, 15) is 9.59 Å². The largest absolute Gasteiger partial charge is 0.449 e. The van der Waals surface area contributed by atoms with Gasteiger partial charge in [-0.25, -0.2) is 9.59 Å². The first-order chi connectivity index (χ1) is 10.8. The number of hydrogen-bond acceptors (Lipinski definition) is 4. The molecular weight excluding hydrogens is 294 g/mol. The Bertz CT molecular complexity index is 572. The molecule has 126 valence electrons. The monoisotopic (exact) mass is 319 g/mol. The number of fused-ring (bicyclic) bond motifs is 1. The summed E-state index contributed by atoms with van der Waals surface area (Å²) in [6.07, 6.45) is 9.68. The standard InChI is InChI=1S/C18H25NO4/c1-17(2,3)23-16(21)19-11-7-5-9-14(19)18-10-6-4-8-13(18)12-15(20)22-18/h4,8,12,14H,5-7,9-11H2,1-3H3/t14-,18+/m1/s1. The molecule has 0 bridgehead atoms. The summed E-state index contributed by atoms with van der Waals surface area (Å²) >= 11 is 0. The molecule has 5 nitrogen and oxygen atoms in total. The fourth-order valence-corrected chi connectivity index (χ4v) is 3.79. The highest BCUT2D eigenvalue weighted by Crippen LogP contribution is 2.44. The van der Waals surface area contributed by atoms with Crippen molar-refractivity contribution in [3.8, 4) is 0 Å². The van der Waals surface area contributed by atoms with Crippen molar-refractivity contribution < 1.29 is 19.1 Å². The van der Waals surface area contributed by atoms with E-state index in [1.165, 1.54) is 0 Å². The molecular formula is C18H25NO4. The van der Waals surface area contributed by atoms with Crippen molar-refractivity contribution in [2.24, 2.45) is 0 Å². The van der Waals surface area contributed by atoms with Crippen LogP contribution in [0.5, 0.6) is 0 Å². The highest BCUT2D eigenvalue weighted by Gasteiger charge is 2.53. The maximum absolute atomic E-state index is 12.7. The van der Waals surface area contributed by atoms with E-state index in [1.54, 1.807) is 11.0 Å². The molecule has 1 fully saturated rings. The lowest BCUT2D eigenvalue weighted by Gasteiger charge is -2.47. The lowest BCUT2D eigenvalue weighted by Crippen LogP contribution is -2.58. The van der Waals surface area contributed by atoms with E-state index < -0.39 is 11.2 Å². The van der Waals surface area contributed by atoms with Gasteiger partial charge in [0.1, 0.15) is 5.60 Å². The molecule has 2 heterocycles. The van der Waals surface area contributed by atoms with E-state index in [-0.39, 0.29) is 18.1 Å². The van der Waals surface area contributed by atoms with E-state index in [2.05, 4.69) is 6.08 Å². The number of allylic oxidation sites excluding steroid dienone is 1. The van der Waals surface area contributed by atoms with Gasteiger partial charge in [0.2, 0.25) is 0 Å². The topological polar surface area (TPSA) is 55.8 Å². The summed E-state index contributed by atoms with van der Waals surface area (Å²) < 4.78 is 11.3. The van der Waals surface area contributed by atoms with E-state index in [0.29, 0.717) is 6.54 Å². The Labute approximate surface area is 137 Å². The number of carbonyl (C=O) groups excluding carboxylic acids is 2. The van der Waals surface area contributed by atoms with Crippen LogP contribution in [0.3, 0.4) is 0 Å². The highest BCUT2D eigenvalue weighted by molar-refractivity contribution is 5.88. The van der Waals surface area contributed by atoms with Crippen molar-refractivity contribution in [3.05, 3.63) is 23.8 Å². The van der Waals surface area contributed by atoms with Gasteiger partial charge < -0.3 is 14.4 Å². The molecule has 0 aromatic carbocycles. The number of nitrogens with zero attached hydrogens (tertiary/aromatic N) is 1. The molecule has 0 aromatic rings. The number of ether oxygens (including phenoxy) is 2. The van der Waals surface area contributed by atoms with Crippen LogP contribution in [-0.4, -0.2) is 40.8 Å². The molecule has 0 radical (unpaired) electrons. The molecule has 1 saturated heterocycles. The fourth-order valence-electron chi connectivity index (χ4n) is 3.79. The zero-order valence-electron chi connectivity index (χ0n) is 14.1. The minimum absolute atomic E-state index is 0.145. The Kier molecular flexibility index (Phi) is 3.98. The average Bonchev–Trinajstić information content (AvgIpc) is 2.82. The number of esters is 1. The van der Waals surface area contributed by atoms with Crippen LogP contribution < -0.4 is 0 Å². The van der Waals surface area contributed by atoms with Gasteiger partial charge in [-0.2, -0.15) is 0 Å². The van der Waals surface area contributed by atoms with E-state index in [0.717, 1.165) is 37.7 Å². The van der Waals surface area contributed by atoms with Crippen LogP contribution in [0.4, 0.5) is 4.79 Å². The fraction of sp³-hybridized carbons (Fsp3) is 0.667.